The average molecular weight is 431 g/mol. The second-order valence-corrected chi connectivity index (χ2v) is 6.74. The maximum Gasteiger partial charge on any atom is 0.411 e. The van der Waals surface area contributed by atoms with Gasteiger partial charge in [-0.25, -0.2) is 4.79 Å². The van der Waals surface area contributed by atoms with Crippen LogP contribution in [0, 0.1) is 10.8 Å². The van der Waals surface area contributed by atoms with E-state index in [1.165, 1.54) is 4.90 Å². The van der Waals surface area contributed by atoms with Crippen LogP contribution in [0.25, 0.3) is 0 Å². The second kappa shape index (κ2) is 10.2. The van der Waals surface area contributed by atoms with Gasteiger partial charge in [0.2, 0.25) is 0 Å². The smallest absolute Gasteiger partial charge is 0.411 e. The van der Waals surface area contributed by atoms with Gasteiger partial charge in [-0.15, -0.1) is 0 Å². The van der Waals surface area contributed by atoms with Crippen molar-refractivity contribution in [2.45, 2.75) is 26.4 Å². The molecule has 1 rings (SSSR count). The monoisotopic (exact) mass is 429 g/mol. The number of hydrogen-bond acceptors (Lipinski definition) is 5. The number of anilines is 1. The zero-order valence-corrected chi connectivity index (χ0v) is 16.9. The normalized spacial score (nSPS) is 11.2. The summed E-state index contributed by atoms with van der Waals surface area (Å²) in [6.45, 7) is 5.58. The summed E-state index contributed by atoms with van der Waals surface area (Å²) in [5, 5.41) is 4.25. The summed E-state index contributed by atoms with van der Waals surface area (Å²) in [6.07, 6.45) is -0.520. The minimum Gasteiger partial charge on any atom is -0.495 e. The number of para-hydroxylation sites is 2. The molecule has 8 heteroatoms. The Bertz CT molecular complexity index is 678. The molecule has 0 saturated heterocycles. The lowest BCUT2D eigenvalue weighted by molar-refractivity contribution is 0.0303. The molecule has 0 saturated carbocycles. The van der Waals surface area contributed by atoms with Crippen molar-refractivity contribution in [1.29, 1.82) is 0 Å². The highest BCUT2D eigenvalue weighted by atomic mass is 79.9. The number of methoxy groups -OCH3 is 1. The van der Waals surface area contributed by atoms with Crippen LogP contribution in [0.15, 0.2) is 29.4 Å². The average Bonchev–Trinajstić information content (AvgIpc) is 2.55. The van der Waals surface area contributed by atoms with E-state index in [4.69, 9.17) is 21.1 Å². The van der Waals surface area contributed by atoms with E-state index >= 15 is 0 Å². The molecule has 0 atom stereocenters. The van der Waals surface area contributed by atoms with Crippen LogP contribution in [0.5, 0.6) is 5.75 Å². The maximum atomic E-state index is 12.2. The third kappa shape index (κ3) is 8.14. The van der Waals surface area contributed by atoms with Crippen LogP contribution in [-0.2, 0) is 4.74 Å². The fraction of sp³-hybridized carbons (Fsp3) is 0.412. The first-order chi connectivity index (χ1) is 11.8. The molecule has 0 bridgehead atoms. The SMILES string of the molecule is COc1ccccc1N/N=C(\Cl)CN(CC#CBr)C(=O)OC(C)(C)C. The maximum absolute atomic E-state index is 12.2. The number of ether oxygens (including phenoxy) is 2. The summed E-state index contributed by atoms with van der Waals surface area (Å²) in [4.78, 5) is 16.2. The van der Waals surface area contributed by atoms with Crippen molar-refractivity contribution < 1.29 is 14.3 Å². The Morgan fingerprint density at radius 3 is 2.68 bits per heavy atom. The van der Waals surface area contributed by atoms with E-state index in [0.29, 0.717) is 11.4 Å². The number of carbonyl (C=O) groups excluding carboxylic acids is 1. The third-order valence-corrected chi connectivity index (χ3v) is 3.20. The molecule has 136 valence electrons. The van der Waals surface area contributed by atoms with Gasteiger partial charge >= 0.3 is 6.09 Å². The van der Waals surface area contributed by atoms with Gasteiger partial charge in [0.15, 0.2) is 0 Å². The summed E-state index contributed by atoms with van der Waals surface area (Å²) in [5.41, 5.74) is 2.86. The van der Waals surface area contributed by atoms with Crippen LogP contribution >= 0.6 is 27.5 Å². The first-order valence-corrected chi connectivity index (χ1v) is 8.61. The highest BCUT2D eigenvalue weighted by Crippen LogP contribution is 2.23. The van der Waals surface area contributed by atoms with Gasteiger partial charge in [0, 0.05) is 15.9 Å². The molecule has 1 aromatic carbocycles. The molecule has 0 fully saturated rings. The standard InChI is InChI=1S/C17H21BrClN3O3/c1-17(2,3)25-16(23)22(11-7-10-18)12-15(19)21-20-13-8-5-6-9-14(13)24-4/h5-6,8-9,20H,11-12H2,1-4H3/b21-15-. The third-order valence-electron chi connectivity index (χ3n) is 2.71. The molecule has 0 aliphatic carbocycles. The van der Waals surface area contributed by atoms with Crippen LogP contribution < -0.4 is 10.2 Å². The minimum absolute atomic E-state index is 0.0559. The van der Waals surface area contributed by atoms with Crippen LogP contribution in [0.3, 0.4) is 0 Å². The Morgan fingerprint density at radius 1 is 1.40 bits per heavy atom. The van der Waals surface area contributed by atoms with E-state index in [1.54, 1.807) is 40.0 Å². The Balaban J connectivity index is 2.80. The number of amides is 1. The van der Waals surface area contributed by atoms with Gasteiger partial charge in [-0.05, 0) is 37.7 Å². The molecule has 1 aromatic rings. The number of hydrogen-bond donors (Lipinski definition) is 1. The van der Waals surface area contributed by atoms with E-state index < -0.39 is 11.7 Å². The van der Waals surface area contributed by atoms with Crippen molar-refractivity contribution in [3.8, 4) is 16.5 Å². The lowest BCUT2D eigenvalue weighted by atomic mass is 10.2. The molecule has 0 aliphatic rings. The number of halogens is 2. The van der Waals surface area contributed by atoms with Crippen molar-refractivity contribution in [2.24, 2.45) is 5.10 Å². The van der Waals surface area contributed by atoms with Crippen molar-refractivity contribution in [1.82, 2.24) is 4.90 Å². The molecular weight excluding hydrogens is 410 g/mol. The predicted octanol–water partition coefficient (Wildman–Crippen LogP) is 4.25. The molecule has 1 amide bonds. The van der Waals surface area contributed by atoms with Crippen LogP contribution in [0.2, 0.25) is 0 Å². The summed E-state index contributed by atoms with van der Waals surface area (Å²) in [5.74, 6) is 3.38. The fourth-order valence-corrected chi connectivity index (χ4v) is 2.00. The molecular formula is C17H21BrClN3O3. The van der Waals surface area contributed by atoms with E-state index in [9.17, 15) is 4.79 Å². The van der Waals surface area contributed by atoms with Gasteiger partial charge in [-0.2, -0.15) is 5.10 Å². The highest BCUT2D eigenvalue weighted by molar-refractivity contribution is 9.12. The number of rotatable bonds is 6. The number of benzene rings is 1. The van der Waals surface area contributed by atoms with E-state index in [2.05, 4.69) is 37.2 Å². The van der Waals surface area contributed by atoms with Gasteiger partial charge in [-0.1, -0.05) is 29.7 Å². The van der Waals surface area contributed by atoms with Gasteiger partial charge < -0.3 is 9.47 Å². The summed E-state index contributed by atoms with van der Waals surface area (Å²) < 4.78 is 10.6. The minimum atomic E-state index is -0.615. The molecule has 1 N–H and O–H groups in total. The molecule has 6 nitrogen and oxygen atoms in total. The molecule has 0 heterocycles. The lowest BCUT2D eigenvalue weighted by Gasteiger charge is -2.25. The first-order valence-electron chi connectivity index (χ1n) is 7.44. The molecule has 0 aliphatic heterocycles. The van der Waals surface area contributed by atoms with Crippen LogP contribution in [-0.4, -0.2) is 42.0 Å². The van der Waals surface area contributed by atoms with Crippen molar-refractivity contribution >= 4 is 44.5 Å². The first kappa shape index (κ1) is 21.1. The Hall–Kier alpha value is -1.91. The van der Waals surface area contributed by atoms with Crippen molar-refractivity contribution in [2.75, 3.05) is 25.6 Å². The fourth-order valence-electron chi connectivity index (χ4n) is 1.69. The Kier molecular flexibility index (Phi) is 8.59. The largest absolute Gasteiger partial charge is 0.495 e. The topological polar surface area (TPSA) is 63.2 Å². The molecule has 0 spiro atoms. The summed E-state index contributed by atoms with van der Waals surface area (Å²) in [7, 11) is 1.56. The van der Waals surface area contributed by atoms with Gasteiger partial charge in [0.05, 0.1) is 25.9 Å². The van der Waals surface area contributed by atoms with E-state index in [1.807, 2.05) is 12.1 Å². The zero-order valence-electron chi connectivity index (χ0n) is 14.6. The van der Waals surface area contributed by atoms with Crippen molar-refractivity contribution in [3.63, 3.8) is 0 Å². The van der Waals surface area contributed by atoms with Crippen molar-refractivity contribution in [3.05, 3.63) is 24.3 Å². The quantitative estimate of drug-likeness (QED) is 0.416. The van der Waals surface area contributed by atoms with E-state index in [0.717, 1.165) is 0 Å². The molecule has 0 aromatic heterocycles. The molecule has 0 radical (unpaired) electrons. The summed E-state index contributed by atoms with van der Waals surface area (Å²) >= 11 is 9.16. The number of nitrogens with zero attached hydrogens (tertiary/aromatic N) is 2. The highest BCUT2D eigenvalue weighted by Gasteiger charge is 2.22. The lowest BCUT2D eigenvalue weighted by Crippen LogP contribution is -2.39. The second-order valence-electron chi connectivity index (χ2n) is 5.91. The van der Waals surface area contributed by atoms with Gasteiger partial charge in [-0.3, -0.25) is 10.3 Å². The van der Waals surface area contributed by atoms with E-state index in [-0.39, 0.29) is 18.3 Å². The molecule has 25 heavy (non-hydrogen) atoms. The number of carbonyl (C=O) groups is 1. The van der Waals surface area contributed by atoms with Crippen LogP contribution in [0.1, 0.15) is 20.8 Å². The predicted molar refractivity (Wildman–Crippen MR) is 104 cm³/mol. The number of hydrazone groups is 1. The van der Waals surface area contributed by atoms with Gasteiger partial charge in [0.1, 0.15) is 16.5 Å². The zero-order chi connectivity index (χ0) is 18.9. The Labute approximate surface area is 161 Å². The number of nitrogens with one attached hydrogen (secondary N) is 1. The molecule has 0 unspecified atom stereocenters. The van der Waals surface area contributed by atoms with Gasteiger partial charge in [0.25, 0.3) is 0 Å². The van der Waals surface area contributed by atoms with Crippen LogP contribution in [0.4, 0.5) is 10.5 Å². The summed E-state index contributed by atoms with van der Waals surface area (Å²) in [6, 6.07) is 7.28. The Morgan fingerprint density at radius 2 is 2.08 bits per heavy atom.